The number of hydrogen-bond acceptors (Lipinski definition) is 4. The first-order valence-electron chi connectivity index (χ1n) is 10.6. The van der Waals surface area contributed by atoms with E-state index in [1.165, 1.54) is 4.90 Å². The molecule has 3 saturated heterocycles. The van der Waals surface area contributed by atoms with Crippen molar-refractivity contribution in [3.63, 3.8) is 0 Å². The van der Waals surface area contributed by atoms with E-state index in [0.29, 0.717) is 6.54 Å². The molecule has 4 atom stereocenters. The first-order valence-corrected chi connectivity index (χ1v) is 10.6. The Kier molecular flexibility index (Phi) is 3.92. The maximum atomic E-state index is 13.5. The average molecular weight is 381 g/mol. The van der Waals surface area contributed by atoms with Crippen molar-refractivity contribution >= 4 is 23.4 Å². The number of hydrogen-bond donors (Lipinski definition) is 1. The van der Waals surface area contributed by atoms with Crippen molar-refractivity contribution in [3.8, 4) is 0 Å². The molecule has 1 aromatic carbocycles. The van der Waals surface area contributed by atoms with Crippen LogP contribution in [0, 0.1) is 11.8 Å². The van der Waals surface area contributed by atoms with Crippen LogP contribution in [0.4, 0.5) is 5.69 Å². The summed E-state index contributed by atoms with van der Waals surface area (Å²) in [7, 11) is 0. The molecule has 1 aromatic rings. The molecule has 0 aromatic heterocycles. The molecule has 0 saturated carbocycles. The summed E-state index contributed by atoms with van der Waals surface area (Å²) in [6.45, 7) is 5.35. The van der Waals surface area contributed by atoms with Crippen molar-refractivity contribution in [2.24, 2.45) is 11.8 Å². The number of aryl methyl sites for hydroxylation is 1. The third-order valence-corrected chi connectivity index (χ3v) is 7.32. The van der Waals surface area contributed by atoms with Crippen LogP contribution in [0.15, 0.2) is 18.2 Å². The number of likely N-dealkylation sites (tertiary alicyclic amines) is 1. The topological polar surface area (TPSA) is 69.7 Å². The molecule has 0 aliphatic carbocycles. The summed E-state index contributed by atoms with van der Waals surface area (Å²) in [4.78, 5) is 44.0. The fourth-order valence-corrected chi connectivity index (χ4v) is 6.18. The highest BCUT2D eigenvalue weighted by atomic mass is 16.2. The number of nitrogens with zero attached hydrogens (tertiary/aromatic N) is 2. The summed E-state index contributed by atoms with van der Waals surface area (Å²) < 4.78 is 0. The van der Waals surface area contributed by atoms with Crippen molar-refractivity contribution in [2.75, 3.05) is 18.4 Å². The monoisotopic (exact) mass is 381 g/mol. The largest absolute Gasteiger partial charge is 0.324 e. The lowest BCUT2D eigenvalue weighted by Gasteiger charge is -2.36. The standard InChI is InChI=1S/C22H27N3O3/c1-3-5-11-24-19(26)16-15-10-7-12-25(15)22(17(16)20(24)27)14-9-6-8-13(4-2)18(14)23-21(22)28/h6,8-9,15-17H,3-5,7,10-12H2,1-2H3,(H,23,28)/t15-,16-,17+,22-/m1/s1. The van der Waals surface area contributed by atoms with Gasteiger partial charge < -0.3 is 5.32 Å². The number of carbonyl (C=O) groups excluding carboxylic acids is 3. The second-order valence-electron chi connectivity index (χ2n) is 8.50. The van der Waals surface area contributed by atoms with Crippen LogP contribution in [0.25, 0.3) is 0 Å². The van der Waals surface area contributed by atoms with Crippen molar-refractivity contribution in [1.29, 1.82) is 0 Å². The summed E-state index contributed by atoms with van der Waals surface area (Å²) in [6, 6.07) is 5.97. The van der Waals surface area contributed by atoms with Crippen LogP contribution in [0.1, 0.15) is 50.7 Å². The SMILES string of the molecule is CCCCN1C(=O)[C@@H]2[C@H]3CCCN3[C@@]3(C(=O)Nc4c(CC)cccc43)[C@@H]2C1=O. The minimum Gasteiger partial charge on any atom is -0.324 e. The summed E-state index contributed by atoms with van der Waals surface area (Å²) in [6.07, 6.45) is 4.38. The number of benzene rings is 1. The Morgan fingerprint density at radius 3 is 2.75 bits per heavy atom. The molecule has 4 heterocycles. The number of imide groups is 1. The molecular weight excluding hydrogens is 354 g/mol. The van der Waals surface area contributed by atoms with Crippen LogP contribution in [-0.2, 0) is 26.3 Å². The smallest absolute Gasteiger partial charge is 0.250 e. The van der Waals surface area contributed by atoms with Gasteiger partial charge in [-0.25, -0.2) is 0 Å². The van der Waals surface area contributed by atoms with Gasteiger partial charge >= 0.3 is 0 Å². The van der Waals surface area contributed by atoms with E-state index < -0.39 is 17.4 Å². The quantitative estimate of drug-likeness (QED) is 0.813. The molecule has 3 amide bonds. The molecule has 0 bridgehead atoms. The predicted molar refractivity (Wildman–Crippen MR) is 104 cm³/mol. The Labute approximate surface area is 165 Å². The Morgan fingerprint density at radius 1 is 1.18 bits per heavy atom. The molecule has 6 heteroatoms. The number of nitrogens with one attached hydrogen (secondary N) is 1. The van der Waals surface area contributed by atoms with Crippen LogP contribution in [-0.4, -0.2) is 46.7 Å². The normalized spacial score (nSPS) is 33.6. The van der Waals surface area contributed by atoms with Crippen LogP contribution in [0.3, 0.4) is 0 Å². The van der Waals surface area contributed by atoms with E-state index in [0.717, 1.165) is 55.5 Å². The van der Waals surface area contributed by atoms with Gasteiger partial charge in [-0.2, -0.15) is 0 Å². The molecule has 1 spiro atoms. The number of para-hydroxylation sites is 1. The second-order valence-corrected chi connectivity index (χ2v) is 8.50. The van der Waals surface area contributed by atoms with Crippen molar-refractivity contribution in [2.45, 2.75) is 57.5 Å². The van der Waals surface area contributed by atoms with E-state index >= 15 is 0 Å². The van der Waals surface area contributed by atoms with E-state index in [9.17, 15) is 14.4 Å². The maximum absolute atomic E-state index is 13.5. The third-order valence-electron chi connectivity index (χ3n) is 7.32. The van der Waals surface area contributed by atoms with Crippen LogP contribution in [0.2, 0.25) is 0 Å². The van der Waals surface area contributed by atoms with Crippen LogP contribution < -0.4 is 5.32 Å². The molecule has 0 radical (unpaired) electrons. The van der Waals surface area contributed by atoms with E-state index in [1.54, 1.807) is 0 Å². The van der Waals surface area contributed by atoms with Crippen LogP contribution in [0.5, 0.6) is 0 Å². The number of rotatable bonds is 4. The van der Waals surface area contributed by atoms with E-state index in [-0.39, 0.29) is 23.8 Å². The molecule has 0 unspecified atom stereocenters. The van der Waals surface area contributed by atoms with Gasteiger partial charge in [-0.15, -0.1) is 0 Å². The predicted octanol–water partition coefficient (Wildman–Crippen LogP) is 2.28. The highest BCUT2D eigenvalue weighted by Gasteiger charge is 2.74. The molecule has 4 aliphatic heterocycles. The summed E-state index contributed by atoms with van der Waals surface area (Å²) >= 11 is 0. The number of carbonyl (C=O) groups is 3. The maximum Gasteiger partial charge on any atom is 0.250 e. The third kappa shape index (κ3) is 1.94. The Hall–Kier alpha value is -2.21. The van der Waals surface area contributed by atoms with Gasteiger partial charge in [0, 0.05) is 23.8 Å². The summed E-state index contributed by atoms with van der Waals surface area (Å²) in [5, 5.41) is 3.11. The molecule has 148 valence electrons. The molecule has 5 rings (SSSR count). The fourth-order valence-electron chi connectivity index (χ4n) is 6.18. The lowest BCUT2D eigenvalue weighted by Crippen LogP contribution is -2.54. The van der Waals surface area contributed by atoms with Gasteiger partial charge in [-0.05, 0) is 37.8 Å². The lowest BCUT2D eigenvalue weighted by atomic mass is 9.75. The van der Waals surface area contributed by atoms with Gasteiger partial charge in [0.1, 0.15) is 5.54 Å². The highest BCUT2D eigenvalue weighted by molar-refractivity contribution is 6.15. The molecule has 28 heavy (non-hydrogen) atoms. The molecular formula is C22H27N3O3. The number of unbranched alkanes of at least 4 members (excludes halogenated alkanes) is 1. The Balaban J connectivity index is 1.69. The van der Waals surface area contributed by atoms with E-state index in [2.05, 4.69) is 24.1 Å². The van der Waals surface area contributed by atoms with Gasteiger partial charge in [-0.1, -0.05) is 38.5 Å². The van der Waals surface area contributed by atoms with E-state index in [4.69, 9.17) is 0 Å². The molecule has 6 nitrogen and oxygen atoms in total. The summed E-state index contributed by atoms with van der Waals surface area (Å²) in [5.41, 5.74) is 1.81. The second kappa shape index (κ2) is 6.14. The van der Waals surface area contributed by atoms with Crippen molar-refractivity contribution in [3.05, 3.63) is 29.3 Å². The zero-order valence-electron chi connectivity index (χ0n) is 16.5. The van der Waals surface area contributed by atoms with Gasteiger partial charge in [0.15, 0.2) is 0 Å². The Morgan fingerprint density at radius 2 is 2.00 bits per heavy atom. The van der Waals surface area contributed by atoms with Crippen molar-refractivity contribution < 1.29 is 14.4 Å². The van der Waals surface area contributed by atoms with Crippen LogP contribution >= 0.6 is 0 Å². The number of fused-ring (bicyclic) bond motifs is 7. The zero-order chi connectivity index (χ0) is 19.6. The molecule has 3 fully saturated rings. The van der Waals surface area contributed by atoms with Gasteiger partial charge in [0.25, 0.3) is 0 Å². The van der Waals surface area contributed by atoms with E-state index in [1.807, 2.05) is 18.2 Å². The zero-order valence-corrected chi connectivity index (χ0v) is 16.5. The minimum absolute atomic E-state index is 0.0185. The molecule has 1 N–H and O–H groups in total. The number of anilines is 1. The first kappa shape index (κ1) is 17.9. The minimum atomic E-state index is -1.03. The lowest BCUT2D eigenvalue weighted by molar-refractivity contribution is -0.145. The summed E-state index contributed by atoms with van der Waals surface area (Å²) in [5.74, 6) is -1.33. The first-order chi connectivity index (χ1) is 13.6. The molecule has 4 aliphatic rings. The number of amides is 3. The van der Waals surface area contributed by atoms with Gasteiger partial charge in [-0.3, -0.25) is 24.2 Å². The van der Waals surface area contributed by atoms with Crippen molar-refractivity contribution in [1.82, 2.24) is 9.80 Å². The average Bonchev–Trinajstić information content (AvgIpc) is 3.39. The fraction of sp³-hybridized carbons (Fsp3) is 0.591. The Bertz CT molecular complexity index is 882. The van der Waals surface area contributed by atoms with Gasteiger partial charge in [0.05, 0.1) is 11.8 Å². The van der Waals surface area contributed by atoms with Gasteiger partial charge in [0.2, 0.25) is 17.7 Å². The highest BCUT2D eigenvalue weighted by Crippen LogP contribution is 2.60.